The molecule has 2 N–H and O–H groups in total. The minimum absolute atomic E-state index is 0.0656. The number of nitrogens with one attached hydrogen (secondary N) is 1. The molecule has 0 radical (unpaired) electrons. The van der Waals surface area contributed by atoms with Gasteiger partial charge in [-0.1, -0.05) is 18.9 Å². The number of anilines is 1. The molecule has 0 amide bonds. The lowest BCUT2D eigenvalue weighted by molar-refractivity contribution is -0.0494. The molecule has 0 unspecified atom stereocenters. The van der Waals surface area contributed by atoms with Crippen LogP contribution < -0.4 is 10.1 Å². The van der Waals surface area contributed by atoms with Crippen LogP contribution in [-0.2, 0) is 0 Å². The van der Waals surface area contributed by atoms with Gasteiger partial charge >= 0.3 is 6.61 Å². The maximum Gasteiger partial charge on any atom is 0.387 e. The zero-order valence-electron chi connectivity index (χ0n) is 15.5. The zero-order chi connectivity index (χ0) is 19.7. The average Bonchev–Trinajstić information content (AvgIpc) is 3.14. The molecule has 6 nitrogen and oxygen atoms in total. The molecule has 1 aliphatic carbocycles. The first-order valence-corrected chi connectivity index (χ1v) is 9.37. The van der Waals surface area contributed by atoms with E-state index in [1.165, 1.54) is 0 Å². The standard InChI is InChI=1S/C20H22F2N4O2/c1-12-8-9-13(17(11-12)28-19(21)22)18-15-6-4-10-26(15)20(25-24-18)23-14-5-2-3-7-16(14)27/h4,6,8-11,14,16,19,27H,2-3,5,7H2,1H3,(H,23,25)/t14-,16+/m1/s1. The summed E-state index contributed by atoms with van der Waals surface area (Å²) in [5.41, 5.74) is 2.43. The highest BCUT2D eigenvalue weighted by Gasteiger charge is 2.25. The SMILES string of the molecule is Cc1ccc(-c2nnc(N[C@@H]3CCCC[C@@H]3O)n3cccc23)c(OC(F)F)c1. The highest BCUT2D eigenvalue weighted by Crippen LogP contribution is 2.34. The Morgan fingerprint density at radius 2 is 2.04 bits per heavy atom. The van der Waals surface area contributed by atoms with Gasteiger partial charge in [0.2, 0.25) is 5.95 Å². The Morgan fingerprint density at radius 3 is 2.82 bits per heavy atom. The van der Waals surface area contributed by atoms with Gasteiger partial charge in [0.05, 0.1) is 17.7 Å². The summed E-state index contributed by atoms with van der Waals surface area (Å²) in [5.74, 6) is 0.578. The molecule has 2 heterocycles. The molecule has 0 spiro atoms. The number of alkyl halides is 2. The number of hydrogen-bond donors (Lipinski definition) is 2. The Hall–Kier alpha value is -2.74. The third kappa shape index (κ3) is 3.64. The molecule has 3 aromatic rings. The van der Waals surface area contributed by atoms with Crippen molar-refractivity contribution in [3.05, 3.63) is 42.1 Å². The monoisotopic (exact) mass is 388 g/mol. The van der Waals surface area contributed by atoms with Gasteiger partial charge in [-0.3, -0.25) is 4.40 Å². The van der Waals surface area contributed by atoms with Crippen molar-refractivity contribution in [2.75, 3.05) is 5.32 Å². The fraction of sp³-hybridized carbons (Fsp3) is 0.400. The van der Waals surface area contributed by atoms with Gasteiger partial charge in [0.25, 0.3) is 0 Å². The summed E-state index contributed by atoms with van der Waals surface area (Å²) in [7, 11) is 0. The van der Waals surface area contributed by atoms with E-state index in [1.807, 2.05) is 35.7 Å². The summed E-state index contributed by atoms with van der Waals surface area (Å²) < 4.78 is 32.3. The van der Waals surface area contributed by atoms with E-state index in [9.17, 15) is 13.9 Å². The zero-order valence-corrected chi connectivity index (χ0v) is 15.5. The number of nitrogens with zero attached hydrogens (tertiary/aromatic N) is 3. The summed E-state index contributed by atoms with van der Waals surface area (Å²) in [4.78, 5) is 0. The number of halogens is 2. The fourth-order valence-corrected chi connectivity index (χ4v) is 3.71. The van der Waals surface area contributed by atoms with E-state index in [4.69, 9.17) is 4.74 Å². The molecular formula is C20H22F2N4O2. The normalized spacial score (nSPS) is 19.9. The lowest BCUT2D eigenvalue weighted by atomic mass is 9.93. The van der Waals surface area contributed by atoms with Crippen LogP contribution in [0.25, 0.3) is 16.8 Å². The number of aromatic nitrogens is 3. The van der Waals surface area contributed by atoms with Gasteiger partial charge in [-0.05, 0) is 49.6 Å². The van der Waals surface area contributed by atoms with Gasteiger partial charge < -0.3 is 15.2 Å². The molecule has 148 valence electrons. The third-order valence-electron chi connectivity index (χ3n) is 5.12. The van der Waals surface area contributed by atoms with Gasteiger partial charge in [0.15, 0.2) is 0 Å². The number of benzene rings is 1. The second-order valence-electron chi connectivity index (χ2n) is 7.12. The van der Waals surface area contributed by atoms with E-state index in [1.54, 1.807) is 12.1 Å². The summed E-state index contributed by atoms with van der Waals surface area (Å²) in [6.45, 7) is -1.12. The number of aliphatic hydroxyl groups excluding tert-OH is 1. The molecule has 1 fully saturated rings. The Morgan fingerprint density at radius 1 is 1.21 bits per heavy atom. The van der Waals surface area contributed by atoms with E-state index >= 15 is 0 Å². The quantitative estimate of drug-likeness (QED) is 0.691. The maximum absolute atomic E-state index is 12.9. The number of aryl methyl sites for hydroxylation is 1. The van der Waals surface area contributed by atoms with Crippen molar-refractivity contribution < 1.29 is 18.6 Å². The van der Waals surface area contributed by atoms with Crippen LogP contribution in [0.5, 0.6) is 5.75 Å². The molecule has 1 saturated carbocycles. The van der Waals surface area contributed by atoms with Crippen LogP contribution >= 0.6 is 0 Å². The number of fused-ring (bicyclic) bond motifs is 1. The minimum atomic E-state index is -2.93. The first-order valence-electron chi connectivity index (χ1n) is 9.37. The number of aliphatic hydroxyl groups is 1. The molecule has 28 heavy (non-hydrogen) atoms. The summed E-state index contributed by atoms with van der Waals surface area (Å²) in [6, 6.07) is 8.69. The summed E-state index contributed by atoms with van der Waals surface area (Å²) >= 11 is 0. The van der Waals surface area contributed by atoms with E-state index in [0.29, 0.717) is 22.7 Å². The Balaban J connectivity index is 1.74. The summed E-state index contributed by atoms with van der Waals surface area (Å²) in [5, 5.41) is 22.1. The van der Waals surface area contributed by atoms with Gasteiger partial charge in [-0.25, -0.2) is 0 Å². The van der Waals surface area contributed by atoms with Gasteiger partial charge in [-0.2, -0.15) is 8.78 Å². The van der Waals surface area contributed by atoms with E-state index in [-0.39, 0.29) is 11.8 Å². The van der Waals surface area contributed by atoms with E-state index in [0.717, 1.165) is 31.2 Å². The van der Waals surface area contributed by atoms with Crippen LogP contribution in [0.1, 0.15) is 31.2 Å². The Labute approximate surface area is 161 Å². The van der Waals surface area contributed by atoms with Crippen LogP contribution in [-0.4, -0.2) is 38.5 Å². The topological polar surface area (TPSA) is 71.7 Å². The predicted molar refractivity (Wildman–Crippen MR) is 102 cm³/mol. The average molecular weight is 388 g/mol. The lowest BCUT2D eigenvalue weighted by Crippen LogP contribution is -2.37. The predicted octanol–water partition coefficient (Wildman–Crippen LogP) is 4.02. The smallest absolute Gasteiger partial charge is 0.387 e. The van der Waals surface area contributed by atoms with Crippen molar-refractivity contribution in [2.24, 2.45) is 0 Å². The van der Waals surface area contributed by atoms with Crippen LogP contribution in [0.4, 0.5) is 14.7 Å². The first kappa shape index (κ1) is 18.6. The van der Waals surface area contributed by atoms with Gasteiger partial charge in [0.1, 0.15) is 11.4 Å². The fourth-order valence-electron chi connectivity index (χ4n) is 3.71. The van der Waals surface area contributed by atoms with Crippen LogP contribution in [0, 0.1) is 6.92 Å². The number of hydrogen-bond acceptors (Lipinski definition) is 5. The van der Waals surface area contributed by atoms with Gasteiger partial charge in [0, 0.05) is 11.8 Å². The second kappa shape index (κ2) is 7.71. The molecular weight excluding hydrogens is 366 g/mol. The molecule has 0 aliphatic heterocycles. The number of rotatable bonds is 5. The van der Waals surface area contributed by atoms with Crippen LogP contribution in [0.3, 0.4) is 0 Å². The van der Waals surface area contributed by atoms with Crippen molar-refractivity contribution in [3.8, 4) is 17.0 Å². The molecule has 8 heteroatoms. The number of ether oxygens (including phenoxy) is 1. The minimum Gasteiger partial charge on any atom is -0.434 e. The van der Waals surface area contributed by atoms with Crippen molar-refractivity contribution in [3.63, 3.8) is 0 Å². The molecule has 0 saturated heterocycles. The Bertz CT molecular complexity index is 976. The van der Waals surface area contributed by atoms with Crippen molar-refractivity contribution in [1.82, 2.24) is 14.6 Å². The molecule has 2 atom stereocenters. The molecule has 1 aromatic carbocycles. The largest absolute Gasteiger partial charge is 0.434 e. The Kier molecular flexibility index (Phi) is 5.13. The lowest BCUT2D eigenvalue weighted by Gasteiger charge is -2.28. The van der Waals surface area contributed by atoms with Crippen molar-refractivity contribution in [1.29, 1.82) is 0 Å². The van der Waals surface area contributed by atoms with Crippen LogP contribution in [0.2, 0.25) is 0 Å². The maximum atomic E-state index is 12.9. The second-order valence-corrected chi connectivity index (χ2v) is 7.12. The summed E-state index contributed by atoms with van der Waals surface area (Å²) in [6.07, 6.45) is 5.08. The van der Waals surface area contributed by atoms with Crippen LogP contribution in [0.15, 0.2) is 36.5 Å². The van der Waals surface area contributed by atoms with Crippen molar-refractivity contribution in [2.45, 2.75) is 51.4 Å². The molecule has 4 rings (SSSR count). The van der Waals surface area contributed by atoms with Crippen molar-refractivity contribution >= 4 is 11.5 Å². The molecule has 0 bridgehead atoms. The first-order chi connectivity index (χ1) is 13.5. The third-order valence-corrected chi connectivity index (χ3v) is 5.12. The van der Waals surface area contributed by atoms with Gasteiger partial charge in [-0.15, -0.1) is 10.2 Å². The molecule has 1 aliphatic rings. The highest BCUT2D eigenvalue weighted by molar-refractivity contribution is 5.81. The highest BCUT2D eigenvalue weighted by atomic mass is 19.3. The van der Waals surface area contributed by atoms with E-state index < -0.39 is 12.7 Å². The molecule has 2 aromatic heterocycles. The van der Waals surface area contributed by atoms with E-state index in [2.05, 4.69) is 15.5 Å².